The molecule has 3 heterocycles. The summed E-state index contributed by atoms with van der Waals surface area (Å²) in [6.07, 6.45) is 2.15. The number of likely N-dealkylation sites (tertiary alicyclic amines) is 1. The summed E-state index contributed by atoms with van der Waals surface area (Å²) in [5, 5.41) is 13.8. The monoisotopic (exact) mass is 574 g/mol. The van der Waals surface area contributed by atoms with Gasteiger partial charge < -0.3 is 24.6 Å². The molecule has 5 rings (SSSR count). The number of ether oxygens (including phenoxy) is 3. The van der Waals surface area contributed by atoms with Crippen molar-refractivity contribution in [3.63, 3.8) is 0 Å². The molecule has 11 heteroatoms. The molecule has 0 spiro atoms. The lowest BCUT2D eigenvalue weighted by molar-refractivity contribution is -0.170. The third-order valence-electron chi connectivity index (χ3n) is 7.99. The number of methoxy groups -OCH3 is 1. The zero-order valence-electron chi connectivity index (χ0n) is 24.0. The number of aryl methyl sites for hydroxylation is 1. The second kappa shape index (κ2) is 11.3. The number of nitrogens with one attached hydrogen (secondary N) is 1. The Balaban J connectivity index is 1.44. The minimum absolute atomic E-state index is 0.0159. The quantitative estimate of drug-likeness (QED) is 0.335. The largest absolute Gasteiger partial charge is 0.493 e. The molecule has 8 nitrogen and oxygen atoms in total. The van der Waals surface area contributed by atoms with Crippen molar-refractivity contribution in [1.29, 1.82) is 0 Å². The van der Waals surface area contributed by atoms with E-state index in [0.717, 1.165) is 52.5 Å². The highest BCUT2D eigenvalue weighted by Crippen LogP contribution is 2.42. The summed E-state index contributed by atoms with van der Waals surface area (Å²) in [5.74, 6) is -2.96. The number of anilines is 1. The van der Waals surface area contributed by atoms with Gasteiger partial charge in [0.05, 0.1) is 43.5 Å². The normalized spacial score (nSPS) is 19.3. The van der Waals surface area contributed by atoms with Crippen molar-refractivity contribution < 1.29 is 32.5 Å². The highest BCUT2D eigenvalue weighted by Gasteiger charge is 2.49. The molecule has 2 saturated heterocycles. The van der Waals surface area contributed by atoms with E-state index in [1.165, 1.54) is 12.1 Å². The first-order chi connectivity index (χ1) is 19.4. The molecular formula is C30H37F3N4O4. The smallest absolute Gasteiger partial charge is 0.303 e. The van der Waals surface area contributed by atoms with Crippen LogP contribution in [-0.4, -0.2) is 71.1 Å². The van der Waals surface area contributed by atoms with Gasteiger partial charge in [0.2, 0.25) is 0 Å². The summed E-state index contributed by atoms with van der Waals surface area (Å²) in [6, 6.07) is 7.31. The van der Waals surface area contributed by atoms with Crippen molar-refractivity contribution in [2.75, 3.05) is 38.8 Å². The molecule has 0 bridgehead atoms. The van der Waals surface area contributed by atoms with Crippen LogP contribution in [0.15, 0.2) is 30.3 Å². The summed E-state index contributed by atoms with van der Waals surface area (Å²) in [4.78, 5) is 11.5. The van der Waals surface area contributed by atoms with E-state index in [1.807, 2.05) is 0 Å². The average Bonchev–Trinajstić information content (AvgIpc) is 3.32. The molecule has 2 fully saturated rings. The van der Waals surface area contributed by atoms with Gasteiger partial charge in [-0.05, 0) is 59.2 Å². The lowest BCUT2D eigenvalue weighted by atomic mass is 9.91. The number of nitrogens with zero attached hydrogens (tertiary/aromatic N) is 3. The second-order valence-electron chi connectivity index (χ2n) is 11.4. The molecule has 0 amide bonds. The number of benzene rings is 2. The number of fused-ring (bicyclic) bond motifs is 1. The van der Waals surface area contributed by atoms with Crippen LogP contribution in [0.25, 0.3) is 10.9 Å². The van der Waals surface area contributed by atoms with Crippen LogP contribution in [0.5, 0.6) is 11.5 Å². The van der Waals surface area contributed by atoms with Crippen LogP contribution in [0.4, 0.5) is 19.0 Å². The molecule has 2 N–H and O–H groups in total. The minimum Gasteiger partial charge on any atom is -0.493 e. The number of aliphatic hydroxyl groups is 1. The predicted molar refractivity (Wildman–Crippen MR) is 149 cm³/mol. The van der Waals surface area contributed by atoms with Crippen LogP contribution in [0.3, 0.4) is 0 Å². The van der Waals surface area contributed by atoms with Gasteiger partial charge in [-0.3, -0.25) is 4.90 Å². The van der Waals surface area contributed by atoms with E-state index in [2.05, 4.69) is 20.2 Å². The van der Waals surface area contributed by atoms with Crippen LogP contribution >= 0.6 is 0 Å². The standard InChI is InChI=1S/C30H37F3N4O4/c1-17(21-9-6-10-23(27(21)31)30(32,33)29(3,4)38)34-28-22-12-26(25(39-5)13-24(22)35-18(2)36-28)41-16-19-8-7-11-37(19)20-14-40-15-20/h6,9-10,12-13,17,19-20,38H,7-8,11,14-16H2,1-5H3,(H,34,35,36)/t17-,19+/m1/s1. The van der Waals surface area contributed by atoms with Crippen molar-refractivity contribution in [3.05, 3.63) is 53.1 Å². The van der Waals surface area contributed by atoms with Gasteiger partial charge in [-0.2, -0.15) is 8.78 Å². The van der Waals surface area contributed by atoms with Gasteiger partial charge in [-0.25, -0.2) is 14.4 Å². The third kappa shape index (κ3) is 5.67. The lowest BCUT2D eigenvalue weighted by Gasteiger charge is -2.38. The molecule has 41 heavy (non-hydrogen) atoms. The fourth-order valence-corrected chi connectivity index (χ4v) is 5.49. The average molecular weight is 575 g/mol. The van der Waals surface area contributed by atoms with Gasteiger partial charge in [-0.15, -0.1) is 0 Å². The Morgan fingerprint density at radius 1 is 1.20 bits per heavy atom. The Kier molecular flexibility index (Phi) is 8.06. The van der Waals surface area contributed by atoms with Crippen LogP contribution in [0, 0.1) is 12.7 Å². The molecule has 0 radical (unpaired) electrons. The van der Waals surface area contributed by atoms with Gasteiger partial charge in [0.1, 0.15) is 29.7 Å². The van der Waals surface area contributed by atoms with Gasteiger partial charge in [0, 0.05) is 23.1 Å². The summed E-state index contributed by atoms with van der Waals surface area (Å²) < 4.78 is 62.5. The van der Waals surface area contributed by atoms with E-state index in [0.29, 0.717) is 46.7 Å². The maximum Gasteiger partial charge on any atom is 0.303 e. The summed E-state index contributed by atoms with van der Waals surface area (Å²) in [7, 11) is 1.57. The minimum atomic E-state index is -3.80. The molecule has 2 aromatic carbocycles. The van der Waals surface area contributed by atoms with E-state index in [4.69, 9.17) is 14.2 Å². The van der Waals surface area contributed by atoms with Crippen molar-refractivity contribution in [3.8, 4) is 11.5 Å². The molecule has 0 aliphatic carbocycles. The first kappa shape index (κ1) is 29.3. The Morgan fingerprint density at radius 2 is 1.95 bits per heavy atom. The number of hydrogen-bond donors (Lipinski definition) is 2. The first-order valence-corrected chi connectivity index (χ1v) is 13.9. The molecule has 222 valence electrons. The van der Waals surface area contributed by atoms with Gasteiger partial charge in [0.15, 0.2) is 11.5 Å². The van der Waals surface area contributed by atoms with Crippen molar-refractivity contribution in [2.45, 2.75) is 70.2 Å². The number of rotatable bonds is 10. The molecule has 3 aromatic rings. The highest BCUT2D eigenvalue weighted by atomic mass is 19.3. The fourth-order valence-electron chi connectivity index (χ4n) is 5.49. The third-order valence-corrected chi connectivity index (χ3v) is 7.99. The van der Waals surface area contributed by atoms with Crippen molar-refractivity contribution in [1.82, 2.24) is 14.9 Å². The maximum atomic E-state index is 15.5. The second-order valence-corrected chi connectivity index (χ2v) is 11.4. The van der Waals surface area contributed by atoms with E-state index in [9.17, 15) is 13.9 Å². The van der Waals surface area contributed by atoms with E-state index >= 15 is 4.39 Å². The lowest BCUT2D eigenvalue weighted by Crippen LogP contribution is -2.52. The van der Waals surface area contributed by atoms with Crippen molar-refractivity contribution >= 4 is 16.7 Å². The Morgan fingerprint density at radius 3 is 2.61 bits per heavy atom. The van der Waals surface area contributed by atoms with Crippen LogP contribution in [0.1, 0.15) is 56.6 Å². The molecule has 2 aliphatic heterocycles. The molecule has 0 saturated carbocycles. The summed E-state index contributed by atoms with van der Waals surface area (Å²) in [5.41, 5.74) is -2.70. The number of halogens is 3. The molecule has 1 aromatic heterocycles. The molecule has 0 unspecified atom stereocenters. The van der Waals surface area contributed by atoms with E-state index in [1.54, 1.807) is 33.1 Å². The van der Waals surface area contributed by atoms with E-state index < -0.39 is 28.9 Å². The van der Waals surface area contributed by atoms with Crippen molar-refractivity contribution in [2.24, 2.45) is 0 Å². The Bertz CT molecular complexity index is 1410. The Hall–Kier alpha value is -3.15. The number of hydrogen-bond acceptors (Lipinski definition) is 8. The maximum absolute atomic E-state index is 15.5. The van der Waals surface area contributed by atoms with Crippen LogP contribution in [0.2, 0.25) is 0 Å². The molecule has 2 atom stereocenters. The number of alkyl halides is 2. The summed E-state index contributed by atoms with van der Waals surface area (Å²) in [6.45, 7) is 8.31. The van der Waals surface area contributed by atoms with Crippen LogP contribution in [-0.2, 0) is 10.7 Å². The number of aromatic nitrogens is 2. The van der Waals surface area contributed by atoms with Gasteiger partial charge >= 0.3 is 5.92 Å². The zero-order valence-corrected chi connectivity index (χ0v) is 24.0. The molecular weight excluding hydrogens is 537 g/mol. The Labute approximate surface area is 237 Å². The SMILES string of the molecule is COc1cc2nc(C)nc(N[C@H](C)c3cccc(C(F)(F)C(C)(C)O)c3F)c2cc1OC[C@@H]1CCCN1C1COC1. The summed E-state index contributed by atoms with van der Waals surface area (Å²) >= 11 is 0. The van der Waals surface area contributed by atoms with Crippen LogP contribution < -0.4 is 14.8 Å². The molecule has 2 aliphatic rings. The predicted octanol–water partition coefficient (Wildman–Crippen LogP) is 5.36. The fraction of sp³-hybridized carbons (Fsp3) is 0.533. The first-order valence-electron chi connectivity index (χ1n) is 13.9. The zero-order chi connectivity index (χ0) is 29.5. The topological polar surface area (TPSA) is 89.0 Å². The van der Waals surface area contributed by atoms with E-state index in [-0.39, 0.29) is 11.6 Å². The highest BCUT2D eigenvalue weighted by molar-refractivity contribution is 5.92. The van der Waals surface area contributed by atoms with Gasteiger partial charge in [-0.1, -0.05) is 12.1 Å². The van der Waals surface area contributed by atoms with Gasteiger partial charge in [0.25, 0.3) is 0 Å².